The zero-order valence-electron chi connectivity index (χ0n) is 15.8. The fraction of sp³-hybridized carbons (Fsp3) is 0.400. The molecule has 1 fully saturated rings. The van der Waals surface area contributed by atoms with Crippen molar-refractivity contribution in [2.45, 2.75) is 37.8 Å². The van der Waals surface area contributed by atoms with E-state index in [2.05, 4.69) is 27.2 Å². The Bertz CT molecular complexity index is 830. The normalized spacial score (nSPS) is 19.6. The van der Waals surface area contributed by atoms with Crippen LogP contribution in [-0.4, -0.2) is 41.1 Å². The quantitative estimate of drug-likeness (QED) is 0.497. The molecule has 2 unspecified atom stereocenters. The number of nitrogens with zero attached hydrogens (tertiary/aromatic N) is 2. The molecule has 1 saturated heterocycles. The van der Waals surface area contributed by atoms with E-state index in [9.17, 15) is 8.78 Å². The van der Waals surface area contributed by atoms with Gasteiger partial charge in [-0.05, 0) is 44.2 Å². The Morgan fingerprint density at radius 1 is 1.46 bits per heavy atom. The molecule has 0 amide bonds. The third-order valence-electron chi connectivity index (χ3n) is 4.54. The van der Waals surface area contributed by atoms with Crippen molar-refractivity contribution in [2.24, 2.45) is 0 Å². The van der Waals surface area contributed by atoms with E-state index in [4.69, 9.17) is 10.5 Å². The second kappa shape index (κ2) is 8.52. The van der Waals surface area contributed by atoms with Gasteiger partial charge in [-0.15, -0.1) is 6.58 Å². The van der Waals surface area contributed by atoms with Crippen molar-refractivity contribution in [1.82, 2.24) is 15.3 Å². The first-order valence-corrected chi connectivity index (χ1v) is 9.24. The molecule has 150 valence electrons. The van der Waals surface area contributed by atoms with Crippen LogP contribution in [0.4, 0.5) is 20.4 Å². The molecule has 28 heavy (non-hydrogen) atoms. The van der Waals surface area contributed by atoms with E-state index in [1.165, 1.54) is 0 Å². The Kier molecular flexibility index (Phi) is 6.08. The summed E-state index contributed by atoms with van der Waals surface area (Å²) in [4.78, 5) is 8.71. The number of piperidine rings is 1. The molecule has 3 rings (SSSR count). The molecule has 1 aliphatic rings. The van der Waals surface area contributed by atoms with Crippen molar-refractivity contribution >= 4 is 11.6 Å². The number of hydrogen-bond donors (Lipinski definition) is 3. The summed E-state index contributed by atoms with van der Waals surface area (Å²) >= 11 is 0. The minimum Gasteiger partial charge on any atom is -0.482 e. The van der Waals surface area contributed by atoms with Gasteiger partial charge in [0.2, 0.25) is 5.95 Å². The van der Waals surface area contributed by atoms with Crippen LogP contribution in [0, 0.1) is 0 Å². The van der Waals surface area contributed by atoms with Crippen LogP contribution in [0.25, 0.3) is 11.3 Å². The molecule has 2 heterocycles. The summed E-state index contributed by atoms with van der Waals surface area (Å²) in [6.45, 7) is 5.82. The lowest BCUT2D eigenvalue weighted by Gasteiger charge is -2.32. The number of anilines is 2. The maximum absolute atomic E-state index is 14.0. The Balaban J connectivity index is 1.76. The van der Waals surface area contributed by atoms with Gasteiger partial charge in [-0.2, -0.15) is 0 Å². The second-order valence-electron chi connectivity index (χ2n) is 6.92. The molecule has 0 saturated carbocycles. The predicted molar refractivity (Wildman–Crippen MR) is 107 cm³/mol. The van der Waals surface area contributed by atoms with Gasteiger partial charge < -0.3 is 21.1 Å². The van der Waals surface area contributed by atoms with Gasteiger partial charge in [0.25, 0.3) is 5.92 Å². The van der Waals surface area contributed by atoms with Crippen molar-refractivity contribution in [3.8, 4) is 17.0 Å². The minimum absolute atomic E-state index is 0.153. The number of alkyl halides is 2. The third-order valence-corrected chi connectivity index (χ3v) is 4.54. The fourth-order valence-corrected chi connectivity index (χ4v) is 3.05. The summed E-state index contributed by atoms with van der Waals surface area (Å²) in [7, 11) is 0. The van der Waals surface area contributed by atoms with Crippen molar-refractivity contribution in [3.05, 3.63) is 43.1 Å². The molecule has 0 spiro atoms. The van der Waals surface area contributed by atoms with Crippen LogP contribution in [0.3, 0.4) is 0 Å². The summed E-state index contributed by atoms with van der Waals surface area (Å²) in [5, 5.41) is 5.88. The number of rotatable bonds is 7. The van der Waals surface area contributed by atoms with Crippen molar-refractivity contribution in [3.63, 3.8) is 0 Å². The highest BCUT2D eigenvalue weighted by molar-refractivity contribution is 5.68. The number of benzene rings is 1. The van der Waals surface area contributed by atoms with Gasteiger partial charge in [0.15, 0.2) is 6.10 Å². The van der Waals surface area contributed by atoms with E-state index in [0.29, 0.717) is 23.9 Å². The molecule has 1 aliphatic heterocycles. The van der Waals surface area contributed by atoms with Gasteiger partial charge in [0.1, 0.15) is 5.75 Å². The summed E-state index contributed by atoms with van der Waals surface area (Å²) in [5.74, 6) is -2.18. The van der Waals surface area contributed by atoms with Crippen LogP contribution in [0.2, 0.25) is 0 Å². The number of aromatic nitrogens is 2. The molecule has 0 radical (unpaired) electrons. The standard InChI is InChI=1S/C20H25F2N5O/c1-3-4-13(2)26-19-25-10-7-16(27-19)14-5-6-17(15(23)11-14)28-18-8-9-24-12-20(18,21)22/h3,5-7,10-11,13,18,24H,1,4,8-9,12,23H2,2H3,(H,25,26,27). The molecule has 1 aromatic heterocycles. The van der Waals surface area contributed by atoms with E-state index in [1.807, 2.05) is 13.0 Å². The highest BCUT2D eigenvalue weighted by atomic mass is 19.3. The number of nitrogens with two attached hydrogens (primary N) is 1. The predicted octanol–water partition coefficient (Wildman–Crippen LogP) is 3.48. The van der Waals surface area contributed by atoms with Crippen molar-refractivity contribution in [1.29, 1.82) is 0 Å². The van der Waals surface area contributed by atoms with E-state index >= 15 is 0 Å². The molecule has 4 N–H and O–H groups in total. The van der Waals surface area contributed by atoms with Crippen LogP contribution in [-0.2, 0) is 0 Å². The Labute approximate surface area is 163 Å². The minimum atomic E-state index is -2.93. The first-order valence-electron chi connectivity index (χ1n) is 9.24. The van der Waals surface area contributed by atoms with Crippen molar-refractivity contribution in [2.75, 3.05) is 24.1 Å². The molecule has 0 bridgehead atoms. The van der Waals surface area contributed by atoms with Crippen LogP contribution in [0.15, 0.2) is 43.1 Å². The topological polar surface area (TPSA) is 85.1 Å². The lowest BCUT2D eigenvalue weighted by molar-refractivity contribution is -0.108. The zero-order chi connectivity index (χ0) is 20.1. The van der Waals surface area contributed by atoms with Gasteiger partial charge in [0, 0.05) is 24.2 Å². The Morgan fingerprint density at radius 3 is 3.00 bits per heavy atom. The first kappa shape index (κ1) is 20.0. The zero-order valence-corrected chi connectivity index (χ0v) is 15.8. The maximum atomic E-state index is 14.0. The second-order valence-corrected chi connectivity index (χ2v) is 6.92. The van der Waals surface area contributed by atoms with Gasteiger partial charge in [0.05, 0.1) is 17.9 Å². The highest BCUT2D eigenvalue weighted by Crippen LogP contribution is 2.33. The van der Waals surface area contributed by atoms with Crippen LogP contribution in [0.5, 0.6) is 5.75 Å². The number of nitrogen functional groups attached to an aromatic ring is 1. The Hall–Kier alpha value is -2.74. The number of ether oxygens (including phenoxy) is 1. The molecule has 0 aliphatic carbocycles. The number of nitrogens with one attached hydrogen (secondary N) is 2. The van der Waals surface area contributed by atoms with Crippen LogP contribution >= 0.6 is 0 Å². The summed E-state index contributed by atoms with van der Waals surface area (Å²) in [6.07, 6.45) is 3.29. The highest BCUT2D eigenvalue weighted by Gasteiger charge is 2.43. The largest absolute Gasteiger partial charge is 0.482 e. The first-order chi connectivity index (χ1) is 13.4. The molecule has 6 nitrogen and oxygen atoms in total. The fourth-order valence-electron chi connectivity index (χ4n) is 3.05. The number of hydrogen-bond acceptors (Lipinski definition) is 6. The van der Waals surface area contributed by atoms with Crippen LogP contribution in [0.1, 0.15) is 19.8 Å². The van der Waals surface area contributed by atoms with Gasteiger partial charge in [-0.25, -0.2) is 18.7 Å². The Morgan fingerprint density at radius 2 is 2.29 bits per heavy atom. The molecule has 2 aromatic rings. The third kappa shape index (κ3) is 4.75. The van der Waals surface area contributed by atoms with Gasteiger partial charge in [-0.1, -0.05) is 6.08 Å². The molecular formula is C20H25F2N5O. The van der Waals surface area contributed by atoms with E-state index in [0.717, 1.165) is 12.0 Å². The molecule has 1 aromatic carbocycles. The van der Waals surface area contributed by atoms with Gasteiger partial charge in [-0.3, -0.25) is 0 Å². The summed E-state index contributed by atoms with van der Waals surface area (Å²) < 4.78 is 33.5. The smallest absolute Gasteiger partial charge is 0.296 e. The lowest BCUT2D eigenvalue weighted by atomic mass is 10.1. The average Bonchev–Trinajstić information content (AvgIpc) is 2.65. The monoisotopic (exact) mass is 389 g/mol. The molecule has 2 atom stereocenters. The van der Waals surface area contributed by atoms with Crippen LogP contribution < -0.4 is 21.1 Å². The molecule has 8 heteroatoms. The van der Waals surface area contributed by atoms with E-state index < -0.39 is 18.6 Å². The number of halogens is 2. The van der Waals surface area contributed by atoms with E-state index in [1.54, 1.807) is 30.5 Å². The molecular weight excluding hydrogens is 364 g/mol. The maximum Gasteiger partial charge on any atom is 0.296 e. The SMILES string of the molecule is C=CCC(C)Nc1nccc(-c2ccc(OC3CCNCC3(F)F)c(N)c2)n1. The van der Waals surface area contributed by atoms with Gasteiger partial charge >= 0.3 is 0 Å². The summed E-state index contributed by atoms with van der Waals surface area (Å²) in [5.41, 5.74) is 7.79. The van der Waals surface area contributed by atoms with E-state index in [-0.39, 0.29) is 18.2 Å². The average molecular weight is 389 g/mol. The summed E-state index contributed by atoms with van der Waals surface area (Å²) in [6, 6.07) is 6.95. The lowest BCUT2D eigenvalue weighted by Crippen LogP contribution is -2.52. The van der Waals surface area contributed by atoms with Crippen molar-refractivity contribution < 1.29 is 13.5 Å².